The van der Waals surface area contributed by atoms with Crippen molar-refractivity contribution in [1.29, 1.82) is 0 Å². The van der Waals surface area contributed by atoms with Crippen LogP contribution in [0.5, 0.6) is 0 Å². The first-order chi connectivity index (χ1) is 30.3. The highest BCUT2D eigenvalue weighted by molar-refractivity contribution is 7.89. The molecule has 0 saturated heterocycles. The van der Waals surface area contributed by atoms with Gasteiger partial charge in [-0.2, -0.15) is 19.2 Å². The number of fused-ring (bicyclic) bond motifs is 2. The molecule has 2 N–H and O–H groups in total. The van der Waals surface area contributed by atoms with E-state index in [0.717, 1.165) is 69.6 Å². The molecule has 2 fully saturated rings. The number of anilines is 4. The van der Waals surface area contributed by atoms with E-state index in [4.69, 9.17) is 31.8 Å². The van der Waals surface area contributed by atoms with Crippen molar-refractivity contribution in [2.75, 3.05) is 38.8 Å². The van der Waals surface area contributed by atoms with E-state index in [1.807, 2.05) is 77.3 Å². The number of hydrogen-bond acceptors (Lipinski definition) is 10. The zero-order valence-corrected chi connectivity index (χ0v) is 37.4. The lowest BCUT2D eigenvalue weighted by molar-refractivity contribution is 0.519. The third-order valence-electron chi connectivity index (χ3n) is 10.9. The highest BCUT2D eigenvalue weighted by Gasteiger charge is 2.31. The van der Waals surface area contributed by atoms with Crippen LogP contribution in [0.25, 0.3) is 33.8 Å². The summed E-state index contributed by atoms with van der Waals surface area (Å²) in [5.74, 6) is 2.38. The average molecular weight is 902 g/mol. The zero-order valence-electron chi connectivity index (χ0n) is 35.0. The van der Waals surface area contributed by atoms with Gasteiger partial charge in [0.1, 0.15) is 16.7 Å². The fourth-order valence-electron chi connectivity index (χ4n) is 7.03. The molecule has 0 amide bonds. The van der Waals surface area contributed by atoms with Crippen LogP contribution in [0.1, 0.15) is 48.9 Å². The summed E-state index contributed by atoms with van der Waals surface area (Å²) in [6, 6.07) is 39.2. The zero-order chi connectivity index (χ0) is 44.0. The number of nitrogens with one attached hydrogen (secondary N) is 2. The average Bonchev–Trinajstić information content (AvgIpc) is 4.24. The number of benzene rings is 4. The molecule has 17 heteroatoms. The first-order valence-electron chi connectivity index (χ1n) is 20.5. The summed E-state index contributed by atoms with van der Waals surface area (Å²) in [4.78, 5) is 10.1. The van der Waals surface area contributed by atoms with Gasteiger partial charge in [0.25, 0.3) is 0 Å². The predicted molar refractivity (Wildman–Crippen MR) is 247 cm³/mol. The van der Waals surface area contributed by atoms with Gasteiger partial charge in [0.15, 0.2) is 11.3 Å². The smallest absolute Gasteiger partial charge is 0.242 e. The molecular weight excluding hydrogens is 856 g/mol. The van der Waals surface area contributed by atoms with Gasteiger partial charge in [-0.15, -0.1) is 0 Å². The second-order valence-corrected chi connectivity index (χ2v) is 20.7. The molecule has 2 aliphatic carbocycles. The highest BCUT2D eigenvalue weighted by atomic mass is 35.5. The van der Waals surface area contributed by atoms with Crippen LogP contribution in [0.4, 0.5) is 23.0 Å². The third kappa shape index (κ3) is 8.77. The van der Waals surface area contributed by atoms with Gasteiger partial charge in [-0.1, -0.05) is 72.3 Å². The van der Waals surface area contributed by atoms with Gasteiger partial charge in [-0.25, -0.2) is 35.4 Å². The SMILES string of the molecule is CN(C)S(=O)(=O)c1ccc(Nc2cc(-c3ccccc3)nc3c(Cl)c(C4CC4)nn23)cc1.CN(C)S(=O)(=O)c1ccc(Nc2cc(-c3ccccc3)nc3cc(C4CC4)nn23)cc1. The molecule has 4 heterocycles. The minimum absolute atomic E-state index is 0.232. The van der Waals surface area contributed by atoms with Gasteiger partial charge < -0.3 is 10.6 Å². The predicted octanol–water partition coefficient (Wildman–Crippen LogP) is 9.19. The molecule has 14 nitrogen and oxygen atoms in total. The van der Waals surface area contributed by atoms with Crippen LogP contribution in [-0.4, -0.2) is 82.8 Å². The van der Waals surface area contributed by atoms with Crippen molar-refractivity contribution >= 4 is 66.0 Å². The topological polar surface area (TPSA) is 159 Å². The van der Waals surface area contributed by atoms with Crippen molar-refractivity contribution in [2.24, 2.45) is 0 Å². The molecule has 8 aromatic rings. The summed E-state index contributed by atoms with van der Waals surface area (Å²) in [6.45, 7) is 0. The van der Waals surface area contributed by atoms with Crippen LogP contribution >= 0.6 is 11.6 Å². The Balaban J connectivity index is 0.000000160. The van der Waals surface area contributed by atoms with Gasteiger partial charge in [-0.3, -0.25) is 0 Å². The molecule has 10 rings (SSSR count). The lowest BCUT2D eigenvalue weighted by Crippen LogP contribution is -2.22. The van der Waals surface area contributed by atoms with Gasteiger partial charge in [0.05, 0.1) is 32.6 Å². The Kier molecular flexibility index (Phi) is 11.3. The molecule has 4 aromatic heterocycles. The Morgan fingerprint density at radius 1 is 0.571 bits per heavy atom. The van der Waals surface area contributed by atoms with Gasteiger partial charge >= 0.3 is 0 Å². The van der Waals surface area contributed by atoms with Crippen molar-refractivity contribution in [3.63, 3.8) is 0 Å². The van der Waals surface area contributed by atoms with E-state index in [1.165, 1.54) is 49.6 Å². The Bertz CT molecular complexity index is 3170. The first-order valence-corrected chi connectivity index (χ1v) is 23.7. The number of halogens is 1. The molecule has 2 aliphatic rings. The number of nitrogens with zero attached hydrogens (tertiary/aromatic N) is 8. The summed E-state index contributed by atoms with van der Waals surface area (Å²) in [5, 5.41) is 16.8. The summed E-state index contributed by atoms with van der Waals surface area (Å²) in [7, 11) is -0.881. The summed E-state index contributed by atoms with van der Waals surface area (Å²) in [5.41, 5.74) is 8.45. The molecule has 0 unspecified atom stereocenters. The standard InChI is InChI=1S/C23H22ClN5O2S.C23H23N5O2S/c1-28(2)32(30,31)18-12-10-17(11-13-18)25-20-14-19(15-6-4-3-5-7-15)26-23-21(24)22(16-8-9-16)27-29(20)23;1-27(2)31(29,30)19-12-10-18(11-13-19)24-22-14-20(16-6-4-3-5-7-16)25-23-15-21(17-8-9-17)26-28(22)23/h3-7,10-14,16,25H,8-9H2,1-2H3;3-7,10-15,17,24H,8-9H2,1-2H3. The summed E-state index contributed by atoms with van der Waals surface area (Å²) >= 11 is 6.68. The number of sulfonamides is 2. The molecule has 0 spiro atoms. The summed E-state index contributed by atoms with van der Waals surface area (Å²) in [6.07, 6.45) is 4.50. The van der Waals surface area contributed by atoms with Gasteiger partial charge in [-0.05, 0) is 74.2 Å². The van der Waals surface area contributed by atoms with E-state index >= 15 is 0 Å². The maximum atomic E-state index is 12.4. The highest BCUT2D eigenvalue weighted by Crippen LogP contribution is 2.44. The van der Waals surface area contributed by atoms with Gasteiger partial charge in [0.2, 0.25) is 20.0 Å². The Morgan fingerprint density at radius 2 is 1.03 bits per heavy atom. The van der Waals surface area contributed by atoms with E-state index in [2.05, 4.69) is 16.7 Å². The molecule has 0 bridgehead atoms. The molecule has 63 heavy (non-hydrogen) atoms. The van der Waals surface area contributed by atoms with Crippen molar-refractivity contribution < 1.29 is 16.8 Å². The fraction of sp³-hybridized carbons (Fsp3) is 0.217. The number of aromatic nitrogens is 6. The van der Waals surface area contributed by atoms with E-state index in [9.17, 15) is 16.8 Å². The largest absolute Gasteiger partial charge is 0.340 e. The molecule has 0 aliphatic heterocycles. The van der Waals surface area contributed by atoms with Crippen LogP contribution in [0.3, 0.4) is 0 Å². The quantitative estimate of drug-likeness (QED) is 0.121. The third-order valence-corrected chi connectivity index (χ3v) is 14.9. The lowest BCUT2D eigenvalue weighted by Gasteiger charge is -2.13. The minimum atomic E-state index is -3.49. The molecule has 0 atom stereocenters. The Hall–Kier alpha value is -6.17. The van der Waals surface area contributed by atoms with Gasteiger partial charge in [0, 0.05) is 80.7 Å². The lowest BCUT2D eigenvalue weighted by atomic mass is 10.1. The normalized spacial score (nSPS) is 14.3. The molecular formula is C46H45ClN10O4S2. The van der Waals surface area contributed by atoms with Crippen molar-refractivity contribution in [3.05, 3.63) is 144 Å². The maximum absolute atomic E-state index is 12.4. The second-order valence-electron chi connectivity index (χ2n) is 16.0. The molecule has 0 radical (unpaired) electrons. The Morgan fingerprint density at radius 3 is 1.49 bits per heavy atom. The Labute approximate surface area is 371 Å². The van der Waals surface area contributed by atoms with Crippen LogP contribution in [0.15, 0.2) is 137 Å². The number of hydrogen-bond donors (Lipinski definition) is 2. The van der Waals surface area contributed by atoms with E-state index in [0.29, 0.717) is 28.3 Å². The van der Waals surface area contributed by atoms with Crippen molar-refractivity contribution in [1.82, 2.24) is 37.8 Å². The minimum Gasteiger partial charge on any atom is -0.340 e. The van der Waals surface area contributed by atoms with E-state index < -0.39 is 20.0 Å². The van der Waals surface area contributed by atoms with E-state index in [-0.39, 0.29) is 9.79 Å². The monoisotopic (exact) mass is 900 g/mol. The van der Waals surface area contributed by atoms with Crippen LogP contribution < -0.4 is 10.6 Å². The molecule has 2 saturated carbocycles. The summed E-state index contributed by atoms with van der Waals surface area (Å²) < 4.78 is 55.3. The first kappa shape index (κ1) is 42.1. The van der Waals surface area contributed by atoms with Crippen molar-refractivity contribution in [3.8, 4) is 22.5 Å². The van der Waals surface area contributed by atoms with E-state index in [1.54, 1.807) is 53.0 Å². The van der Waals surface area contributed by atoms with Crippen LogP contribution in [-0.2, 0) is 20.0 Å². The molecule has 322 valence electrons. The van der Waals surface area contributed by atoms with Crippen LogP contribution in [0, 0.1) is 0 Å². The molecule has 4 aromatic carbocycles. The van der Waals surface area contributed by atoms with Crippen molar-refractivity contribution in [2.45, 2.75) is 47.3 Å². The maximum Gasteiger partial charge on any atom is 0.242 e. The van der Waals surface area contributed by atoms with Crippen LogP contribution in [0.2, 0.25) is 5.02 Å². The second kappa shape index (κ2) is 16.8. The number of rotatable bonds is 12. The fourth-order valence-corrected chi connectivity index (χ4v) is 9.14.